The molecule has 0 fully saturated rings. The quantitative estimate of drug-likeness (QED) is 0.0205. The summed E-state index contributed by atoms with van der Waals surface area (Å²) in [6.45, 7) is 6.72. The zero-order chi connectivity index (χ0) is 62.1. The van der Waals surface area contributed by atoms with Gasteiger partial charge in [-0.2, -0.15) is 0 Å². The van der Waals surface area contributed by atoms with Gasteiger partial charge in [-0.05, 0) is 122 Å². The third-order valence-corrected chi connectivity index (χ3v) is 15.0. The van der Waals surface area contributed by atoms with Crippen molar-refractivity contribution in [3.63, 3.8) is 0 Å². The number of nitrogens with zero attached hydrogens (tertiary/aromatic N) is 1. The van der Waals surface area contributed by atoms with Crippen LogP contribution in [-0.4, -0.2) is 74.3 Å². The van der Waals surface area contributed by atoms with Crippen molar-refractivity contribution in [2.24, 2.45) is 0 Å². The van der Waals surface area contributed by atoms with Crippen LogP contribution in [0.5, 0.6) is 0 Å². The predicted octanol–water partition coefficient (Wildman–Crippen LogP) is 21.6. The van der Waals surface area contributed by atoms with Crippen molar-refractivity contribution in [1.82, 2.24) is 5.32 Å². The summed E-state index contributed by atoms with van der Waals surface area (Å²) in [5, 5.41) is 3.04. The van der Waals surface area contributed by atoms with Gasteiger partial charge >= 0.3 is 13.8 Å². The summed E-state index contributed by atoms with van der Waals surface area (Å²) in [5.41, 5.74) is 0. The van der Waals surface area contributed by atoms with E-state index in [-0.39, 0.29) is 25.5 Å². The van der Waals surface area contributed by atoms with Crippen LogP contribution in [0.15, 0.2) is 158 Å². The number of allylic oxidation sites excluding steroid dienone is 25. The molecule has 0 spiro atoms. The number of phosphoric ester groups is 1. The molecule has 0 aromatic heterocycles. The molecule has 9 nitrogen and oxygen atoms in total. The van der Waals surface area contributed by atoms with Crippen LogP contribution in [0.4, 0.5) is 0 Å². The van der Waals surface area contributed by atoms with E-state index in [1.165, 1.54) is 83.5 Å². The standard InChI is InChI=1S/C75H125N2O7P/c1-7-10-13-16-19-22-25-28-30-32-34-35-36-37-38-39-40-41-43-44-46-49-52-55-58-61-64-67-74(78)76-72(71-83-85(80,81)82-70-69-77(4,5)6)73(66-63-60-57-54-51-48-27-24-21-18-15-12-9-3)84-75(79)68-65-62-59-56-53-50-47-45-42-33-31-29-26-23-20-17-14-11-8-2/h10-11,13-14,19-20,22-23,28-31,34-35,37-38,40-42,45,50,53,59,62-63,66,72-73H,7-9,12,15-18,21,24-27,32-33,36,39,43-44,46-49,51-52,54-58,60-61,64-65,67-71H2,1-6H3,(H-,76,78,80,81)/p+1/b13-10-,14-11-,22-19-,23-20-,30-28-,31-29-,35-34-,38-37-,41-40-,45-42-,53-50-,62-59-,66-63-. The van der Waals surface area contributed by atoms with Crippen molar-refractivity contribution in [3.05, 3.63) is 158 Å². The molecular weight excluding hydrogens is 1070 g/mol. The van der Waals surface area contributed by atoms with E-state index >= 15 is 0 Å². The average Bonchev–Trinajstić information content (AvgIpc) is 3.53. The maximum atomic E-state index is 13.6. The molecule has 10 heteroatoms. The number of hydrogen-bond donors (Lipinski definition) is 2. The fraction of sp³-hybridized carbons (Fsp3) is 0.627. The molecule has 0 bridgehead atoms. The first-order valence-electron chi connectivity index (χ1n) is 33.8. The molecule has 0 aliphatic heterocycles. The predicted molar refractivity (Wildman–Crippen MR) is 368 cm³/mol. The van der Waals surface area contributed by atoms with E-state index in [2.05, 4.69) is 166 Å². The zero-order valence-corrected chi connectivity index (χ0v) is 55.9. The molecule has 0 aliphatic carbocycles. The van der Waals surface area contributed by atoms with Gasteiger partial charge in [0.15, 0.2) is 0 Å². The Labute approximate surface area is 522 Å². The second-order valence-corrected chi connectivity index (χ2v) is 24.7. The minimum absolute atomic E-state index is 0.0184. The first-order valence-corrected chi connectivity index (χ1v) is 35.3. The summed E-state index contributed by atoms with van der Waals surface area (Å²) in [4.78, 5) is 37.8. The highest BCUT2D eigenvalue weighted by Gasteiger charge is 2.30. The molecule has 482 valence electrons. The van der Waals surface area contributed by atoms with Crippen molar-refractivity contribution < 1.29 is 37.3 Å². The third kappa shape index (κ3) is 63.9. The topological polar surface area (TPSA) is 111 Å². The van der Waals surface area contributed by atoms with Crippen molar-refractivity contribution in [2.75, 3.05) is 40.9 Å². The summed E-state index contributed by atoms with van der Waals surface area (Å²) in [5.74, 6) is -0.622. The van der Waals surface area contributed by atoms with Crippen molar-refractivity contribution >= 4 is 19.7 Å². The summed E-state index contributed by atoms with van der Waals surface area (Å²) in [7, 11) is 1.43. The lowest BCUT2D eigenvalue weighted by Crippen LogP contribution is -2.47. The van der Waals surface area contributed by atoms with E-state index in [0.29, 0.717) is 23.9 Å². The van der Waals surface area contributed by atoms with Gasteiger partial charge in [0.2, 0.25) is 5.91 Å². The number of esters is 1. The van der Waals surface area contributed by atoms with Gasteiger partial charge in [0.25, 0.3) is 0 Å². The fourth-order valence-corrected chi connectivity index (χ4v) is 9.59. The van der Waals surface area contributed by atoms with Crippen LogP contribution in [0.2, 0.25) is 0 Å². The van der Waals surface area contributed by atoms with E-state index < -0.39 is 25.9 Å². The first kappa shape index (κ1) is 80.6. The molecule has 0 radical (unpaired) electrons. The molecule has 3 unspecified atom stereocenters. The number of quaternary nitrogens is 1. The lowest BCUT2D eigenvalue weighted by molar-refractivity contribution is -0.870. The summed E-state index contributed by atoms with van der Waals surface area (Å²) < 4.78 is 30.7. The van der Waals surface area contributed by atoms with E-state index in [0.717, 1.165) is 128 Å². The SMILES string of the molecule is CC/C=C\C/C=C\C/C=C\C/C=C\C/C=C\C/C=C\CCCCCCCCCCC(=O)NC(COP(=O)(O)OCC[N+](C)(C)C)C(/C=C\CCCCCCCCCCCCC)OC(=O)CC/C=C\C/C=C\C/C=C\C/C=C\C/C=C\C/C=C\CC. The Morgan fingerprint density at radius 3 is 1.15 bits per heavy atom. The van der Waals surface area contributed by atoms with Crippen molar-refractivity contribution in [1.29, 1.82) is 0 Å². The number of carbonyl (C=O) groups excluding carboxylic acids is 2. The largest absolute Gasteiger partial charge is 0.472 e. The summed E-state index contributed by atoms with van der Waals surface area (Å²) in [6, 6.07) is -0.897. The Morgan fingerprint density at radius 2 is 0.765 bits per heavy atom. The lowest BCUT2D eigenvalue weighted by Gasteiger charge is -2.27. The van der Waals surface area contributed by atoms with Crippen LogP contribution >= 0.6 is 7.82 Å². The van der Waals surface area contributed by atoms with E-state index in [4.69, 9.17) is 13.8 Å². The lowest BCUT2D eigenvalue weighted by atomic mass is 10.0. The number of amides is 1. The van der Waals surface area contributed by atoms with Crippen LogP contribution in [0.25, 0.3) is 0 Å². The number of nitrogens with one attached hydrogen (secondary N) is 1. The molecular formula is C75H126N2O7P+. The van der Waals surface area contributed by atoms with Gasteiger partial charge in [-0.3, -0.25) is 18.6 Å². The number of phosphoric acid groups is 1. The molecule has 2 N–H and O–H groups in total. The maximum absolute atomic E-state index is 13.6. The van der Waals surface area contributed by atoms with Crippen LogP contribution in [0.3, 0.4) is 0 Å². The van der Waals surface area contributed by atoms with Gasteiger partial charge in [0.05, 0.1) is 33.8 Å². The van der Waals surface area contributed by atoms with E-state index in [1.807, 2.05) is 39.4 Å². The number of likely N-dealkylation sites (N-methyl/N-ethyl adjacent to an activating group) is 1. The highest BCUT2D eigenvalue weighted by molar-refractivity contribution is 7.47. The molecule has 0 aliphatic rings. The number of hydrogen-bond acceptors (Lipinski definition) is 6. The fourth-order valence-electron chi connectivity index (χ4n) is 8.85. The first-order chi connectivity index (χ1) is 41.4. The normalized spacial score (nSPS) is 14.6. The molecule has 0 saturated heterocycles. The molecule has 0 rings (SSSR count). The third-order valence-electron chi connectivity index (χ3n) is 14.0. The van der Waals surface area contributed by atoms with Crippen LogP contribution in [0, 0.1) is 0 Å². The van der Waals surface area contributed by atoms with Crippen LogP contribution < -0.4 is 5.32 Å². The molecule has 0 saturated carbocycles. The summed E-state index contributed by atoms with van der Waals surface area (Å²) in [6.07, 6.45) is 92.6. The zero-order valence-electron chi connectivity index (χ0n) is 55.0. The van der Waals surface area contributed by atoms with E-state index in [1.54, 1.807) is 0 Å². The smallest absolute Gasteiger partial charge is 0.456 e. The van der Waals surface area contributed by atoms with E-state index in [9.17, 15) is 19.0 Å². The van der Waals surface area contributed by atoms with Crippen LogP contribution in [-0.2, 0) is 27.9 Å². The molecule has 0 aromatic rings. The molecule has 0 aromatic carbocycles. The second-order valence-electron chi connectivity index (χ2n) is 23.2. The van der Waals surface area contributed by atoms with Gasteiger partial charge in [-0.15, -0.1) is 0 Å². The number of carbonyl (C=O) groups is 2. The van der Waals surface area contributed by atoms with Gasteiger partial charge in [-0.1, -0.05) is 275 Å². The highest BCUT2D eigenvalue weighted by Crippen LogP contribution is 2.43. The Balaban J connectivity index is 5.28. The van der Waals surface area contributed by atoms with Crippen LogP contribution in [0.1, 0.15) is 252 Å². The van der Waals surface area contributed by atoms with Gasteiger partial charge in [0, 0.05) is 12.8 Å². The monoisotopic (exact) mass is 1200 g/mol. The number of unbranched alkanes of at least 4 members (excludes halogenated alkanes) is 19. The number of ether oxygens (including phenoxy) is 1. The Bertz CT molecular complexity index is 2010. The Hall–Kier alpha value is -4.37. The van der Waals surface area contributed by atoms with Gasteiger partial charge in [0.1, 0.15) is 19.3 Å². The Morgan fingerprint density at radius 1 is 0.424 bits per heavy atom. The number of rotatable bonds is 59. The molecule has 1 amide bonds. The molecule has 85 heavy (non-hydrogen) atoms. The second kappa shape index (κ2) is 62.7. The summed E-state index contributed by atoms with van der Waals surface area (Å²) >= 11 is 0. The highest BCUT2D eigenvalue weighted by atomic mass is 31.2. The average molecular weight is 1200 g/mol. The van der Waals surface area contributed by atoms with Gasteiger partial charge in [-0.25, -0.2) is 4.57 Å². The van der Waals surface area contributed by atoms with Gasteiger partial charge < -0.3 is 19.4 Å². The minimum atomic E-state index is -4.48. The van der Waals surface area contributed by atoms with Crippen molar-refractivity contribution in [2.45, 2.75) is 264 Å². The maximum Gasteiger partial charge on any atom is 0.472 e. The molecule has 3 atom stereocenters. The van der Waals surface area contributed by atoms with Crippen molar-refractivity contribution in [3.8, 4) is 0 Å². The Kier molecular flexibility index (Phi) is 59.5. The minimum Gasteiger partial charge on any atom is -0.456 e. The molecule has 0 heterocycles.